The van der Waals surface area contributed by atoms with Gasteiger partial charge in [-0.3, -0.25) is 9.48 Å². The zero-order valence-electron chi connectivity index (χ0n) is 13.9. The van der Waals surface area contributed by atoms with E-state index in [-0.39, 0.29) is 11.9 Å². The highest BCUT2D eigenvalue weighted by Gasteiger charge is 2.27. The van der Waals surface area contributed by atoms with Crippen LogP contribution in [-0.2, 0) is 13.5 Å². The third-order valence-electron chi connectivity index (χ3n) is 4.33. The lowest BCUT2D eigenvalue weighted by molar-refractivity contribution is 0.0625. The number of hydrogen-bond donors (Lipinski definition) is 0. The number of carbonyl (C=O) groups is 1. The molecule has 0 bridgehead atoms. The van der Waals surface area contributed by atoms with Crippen molar-refractivity contribution in [3.63, 3.8) is 0 Å². The molecule has 0 radical (unpaired) electrons. The number of nitrogens with zero attached hydrogens (tertiary/aromatic N) is 3. The standard InChI is InChI=1S/C18H23N3O2/c1-13(2)21(18(22)16-8-9-19-20(16)3)11-14-10-15-6-4-5-7-17(15)23-12-14/h4-9,13-14H,10-12H2,1-3H3/t14-/m1/s1. The molecule has 122 valence electrons. The Morgan fingerprint density at radius 2 is 2.17 bits per heavy atom. The summed E-state index contributed by atoms with van der Waals surface area (Å²) in [6.07, 6.45) is 2.60. The Hall–Kier alpha value is -2.30. The average Bonchev–Trinajstić information content (AvgIpc) is 2.97. The predicted octanol–water partition coefficient (Wildman–Crippen LogP) is 2.52. The lowest BCUT2D eigenvalue weighted by Gasteiger charge is -2.33. The van der Waals surface area contributed by atoms with Crippen LogP contribution in [0.3, 0.4) is 0 Å². The number of fused-ring (bicyclic) bond motifs is 1. The van der Waals surface area contributed by atoms with Gasteiger partial charge in [-0.25, -0.2) is 0 Å². The van der Waals surface area contributed by atoms with Crippen molar-refractivity contribution in [3.05, 3.63) is 47.8 Å². The first-order valence-electron chi connectivity index (χ1n) is 8.06. The summed E-state index contributed by atoms with van der Waals surface area (Å²) < 4.78 is 7.48. The average molecular weight is 313 g/mol. The molecule has 2 aromatic rings. The van der Waals surface area contributed by atoms with Crippen LogP contribution < -0.4 is 4.74 Å². The molecule has 5 nitrogen and oxygen atoms in total. The molecular weight excluding hydrogens is 290 g/mol. The quantitative estimate of drug-likeness (QED) is 0.871. The molecule has 0 fully saturated rings. The predicted molar refractivity (Wildman–Crippen MR) is 88.5 cm³/mol. The topological polar surface area (TPSA) is 47.4 Å². The SMILES string of the molecule is CC(C)N(C[C@@H]1COc2ccccc2C1)C(=O)c1ccnn1C. The minimum Gasteiger partial charge on any atom is -0.493 e. The minimum absolute atomic E-state index is 0.0267. The second kappa shape index (κ2) is 6.44. The molecule has 1 atom stereocenters. The summed E-state index contributed by atoms with van der Waals surface area (Å²) in [6, 6.07) is 10.0. The number of hydrogen-bond acceptors (Lipinski definition) is 3. The van der Waals surface area contributed by atoms with E-state index in [1.807, 2.05) is 36.9 Å². The number of carbonyl (C=O) groups excluding carboxylic acids is 1. The lowest BCUT2D eigenvalue weighted by Crippen LogP contribution is -2.43. The first-order chi connectivity index (χ1) is 11.1. The van der Waals surface area contributed by atoms with E-state index in [1.165, 1.54) is 5.56 Å². The van der Waals surface area contributed by atoms with Crippen LogP contribution in [0.5, 0.6) is 5.75 Å². The molecule has 0 saturated heterocycles. The number of para-hydroxylation sites is 1. The summed E-state index contributed by atoms with van der Waals surface area (Å²) in [5, 5.41) is 4.10. The molecule has 3 rings (SSSR count). The first kappa shape index (κ1) is 15.6. The van der Waals surface area contributed by atoms with Crippen molar-refractivity contribution in [3.8, 4) is 5.75 Å². The van der Waals surface area contributed by atoms with Crippen LogP contribution in [0.25, 0.3) is 0 Å². The molecular formula is C18H23N3O2. The van der Waals surface area contributed by atoms with E-state index in [0.717, 1.165) is 12.2 Å². The van der Waals surface area contributed by atoms with Gasteiger partial charge in [0.2, 0.25) is 0 Å². The van der Waals surface area contributed by atoms with Crippen LogP contribution in [0.4, 0.5) is 0 Å². The van der Waals surface area contributed by atoms with Crippen molar-refractivity contribution < 1.29 is 9.53 Å². The molecule has 1 aromatic heterocycles. The molecule has 1 amide bonds. The molecule has 1 aliphatic heterocycles. The van der Waals surface area contributed by atoms with Gasteiger partial charge in [-0.15, -0.1) is 0 Å². The second-order valence-corrected chi connectivity index (χ2v) is 6.38. The fourth-order valence-corrected chi connectivity index (χ4v) is 3.05. The number of amides is 1. The maximum Gasteiger partial charge on any atom is 0.272 e. The van der Waals surface area contributed by atoms with Gasteiger partial charge in [-0.05, 0) is 38.0 Å². The van der Waals surface area contributed by atoms with Gasteiger partial charge in [0.1, 0.15) is 11.4 Å². The fraction of sp³-hybridized carbons (Fsp3) is 0.444. The molecule has 0 saturated carbocycles. The van der Waals surface area contributed by atoms with Gasteiger partial charge in [-0.2, -0.15) is 5.10 Å². The molecule has 0 aliphatic carbocycles. The molecule has 1 aromatic carbocycles. The number of ether oxygens (including phenoxy) is 1. The van der Waals surface area contributed by atoms with E-state index >= 15 is 0 Å². The van der Waals surface area contributed by atoms with Crippen LogP contribution >= 0.6 is 0 Å². The number of benzene rings is 1. The second-order valence-electron chi connectivity index (χ2n) is 6.38. The summed E-state index contributed by atoms with van der Waals surface area (Å²) in [7, 11) is 1.80. The number of aryl methyl sites for hydroxylation is 1. The first-order valence-corrected chi connectivity index (χ1v) is 8.06. The Bertz CT molecular complexity index is 693. The molecule has 5 heteroatoms. The van der Waals surface area contributed by atoms with Crippen molar-refractivity contribution >= 4 is 5.91 Å². The molecule has 0 N–H and O–H groups in total. The normalized spacial score (nSPS) is 16.8. The van der Waals surface area contributed by atoms with Crippen LogP contribution in [0, 0.1) is 5.92 Å². The van der Waals surface area contributed by atoms with Crippen molar-refractivity contribution in [2.75, 3.05) is 13.2 Å². The van der Waals surface area contributed by atoms with E-state index in [9.17, 15) is 4.79 Å². The Morgan fingerprint density at radius 3 is 2.87 bits per heavy atom. The van der Waals surface area contributed by atoms with Gasteiger partial charge in [0.05, 0.1) is 6.61 Å². The van der Waals surface area contributed by atoms with E-state index in [2.05, 4.69) is 11.2 Å². The minimum atomic E-state index is 0.0267. The van der Waals surface area contributed by atoms with Crippen LogP contribution in [0.1, 0.15) is 29.9 Å². The van der Waals surface area contributed by atoms with E-state index in [0.29, 0.717) is 24.8 Å². The smallest absolute Gasteiger partial charge is 0.272 e. The summed E-state index contributed by atoms with van der Waals surface area (Å²) in [6.45, 7) is 5.44. The zero-order valence-corrected chi connectivity index (χ0v) is 13.9. The molecule has 23 heavy (non-hydrogen) atoms. The van der Waals surface area contributed by atoms with Gasteiger partial charge < -0.3 is 9.64 Å². The van der Waals surface area contributed by atoms with Crippen molar-refractivity contribution in [2.45, 2.75) is 26.3 Å². The number of aromatic nitrogens is 2. The lowest BCUT2D eigenvalue weighted by atomic mass is 9.95. The Balaban J connectivity index is 1.74. The van der Waals surface area contributed by atoms with Gasteiger partial charge >= 0.3 is 0 Å². The van der Waals surface area contributed by atoms with Crippen LogP contribution in [-0.4, -0.2) is 39.8 Å². The highest BCUT2D eigenvalue weighted by molar-refractivity contribution is 5.92. The Labute approximate surface area is 136 Å². The summed E-state index contributed by atoms with van der Waals surface area (Å²) in [5.41, 5.74) is 1.84. The Kier molecular flexibility index (Phi) is 4.37. The highest BCUT2D eigenvalue weighted by Crippen LogP contribution is 2.27. The van der Waals surface area contributed by atoms with Gasteiger partial charge in [0, 0.05) is 31.7 Å². The van der Waals surface area contributed by atoms with Crippen LogP contribution in [0.2, 0.25) is 0 Å². The maximum atomic E-state index is 12.8. The van der Waals surface area contributed by atoms with Gasteiger partial charge in [-0.1, -0.05) is 18.2 Å². The van der Waals surface area contributed by atoms with E-state index in [4.69, 9.17) is 4.74 Å². The molecule has 2 heterocycles. The van der Waals surface area contributed by atoms with E-state index < -0.39 is 0 Å². The highest BCUT2D eigenvalue weighted by atomic mass is 16.5. The van der Waals surface area contributed by atoms with Crippen molar-refractivity contribution in [2.24, 2.45) is 13.0 Å². The molecule has 1 aliphatic rings. The third-order valence-corrected chi connectivity index (χ3v) is 4.33. The molecule has 0 unspecified atom stereocenters. The third kappa shape index (κ3) is 3.23. The fourth-order valence-electron chi connectivity index (χ4n) is 3.05. The summed E-state index contributed by atoms with van der Waals surface area (Å²) >= 11 is 0. The zero-order chi connectivity index (χ0) is 16.4. The summed E-state index contributed by atoms with van der Waals surface area (Å²) in [5.74, 6) is 1.31. The largest absolute Gasteiger partial charge is 0.493 e. The van der Waals surface area contributed by atoms with Gasteiger partial charge in [0.25, 0.3) is 5.91 Å². The molecule has 0 spiro atoms. The number of rotatable bonds is 4. The maximum absolute atomic E-state index is 12.8. The Morgan fingerprint density at radius 1 is 1.39 bits per heavy atom. The van der Waals surface area contributed by atoms with Crippen LogP contribution in [0.15, 0.2) is 36.5 Å². The van der Waals surface area contributed by atoms with Crippen molar-refractivity contribution in [1.82, 2.24) is 14.7 Å². The van der Waals surface area contributed by atoms with Gasteiger partial charge in [0.15, 0.2) is 0 Å². The summed E-state index contributed by atoms with van der Waals surface area (Å²) in [4.78, 5) is 14.7. The van der Waals surface area contributed by atoms with E-state index in [1.54, 1.807) is 24.0 Å². The monoisotopic (exact) mass is 313 g/mol. The van der Waals surface area contributed by atoms with Crippen molar-refractivity contribution in [1.29, 1.82) is 0 Å².